The first-order valence-electron chi connectivity index (χ1n) is 17.7. The van der Waals surface area contributed by atoms with Gasteiger partial charge in [-0.3, -0.25) is 0 Å². The van der Waals surface area contributed by atoms with Crippen LogP contribution in [0.2, 0.25) is 0 Å². The van der Waals surface area contributed by atoms with Gasteiger partial charge >= 0.3 is 0 Å². The van der Waals surface area contributed by atoms with Gasteiger partial charge in [0.25, 0.3) is 0 Å². The average Bonchev–Trinajstić information content (AvgIpc) is 3.74. The fourth-order valence-corrected chi connectivity index (χ4v) is 8.85. The van der Waals surface area contributed by atoms with E-state index in [4.69, 9.17) is 4.42 Å². The van der Waals surface area contributed by atoms with E-state index >= 15 is 0 Å². The summed E-state index contributed by atoms with van der Waals surface area (Å²) in [5.74, 6) is 0. The number of para-hydroxylation sites is 1. The minimum atomic E-state index is 0.872. The zero-order valence-corrected chi connectivity index (χ0v) is 29.7. The van der Waals surface area contributed by atoms with Crippen molar-refractivity contribution in [2.45, 2.75) is 13.8 Å². The quantitative estimate of drug-likeness (QED) is 0.174. The normalized spacial score (nSPS) is 11.7. The van der Waals surface area contributed by atoms with E-state index in [1.54, 1.807) is 0 Å². The topological polar surface area (TPSA) is 19.6 Å². The minimum Gasteiger partial charge on any atom is -0.456 e. The van der Waals surface area contributed by atoms with E-state index in [0.29, 0.717) is 0 Å². The number of nitrogens with zero attached hydrogens (tertiary/aromatic N) is 2. The summed E-state index contributed by atoms with van der Waals surface area (Å²) in [7, 11) is 0. The van der Waals surface area contributed by atoms with Crippen LogP contribution in [-0.4, -0.2) is 0 Å². The third-order valence-electron chi connectivity index (χ3n) is 10.1. The lowest BCUT2D eigenvalue weighted by atomic mass is 10.0. The number of aryl methyl sites for hydroxylation is 2. The molecule has 0 N–H and O–H groups in total. The summed E-state index contributed by atoms with van der Waals surface area (Å²) in [6, 6.07) is 61.2. The molecule has 8 aromatic carbocycles. The summed E-state index contributed by atoms with van der Waals surface area (Å²) in [6.45, 7) is 4.35. The fraction of sp³-hybridized carbons (Fsp3) is 0.0417. The number of anilines is 6. The van der Waals surface area contributed by atoms with E-state index < -0.39 is 0 Å². The lowest BCUT2D eigenvalue weighted by Crippen LogP contribution is -2.10. The van der Waals surface area contributed by atoms with E-state index in [-0.39, 0.29) is 0 Å². The maximum Gasteiger partial charge on any atom is 0.137 e. The zero-order chi connectivity index (χ0) is 34.8. The highest BCUT2D eigenvalue weighted by molar-refractivity contribution is 7.25. The summed E-state index contributed by atoms with van der Waals surface area (Å²) in [5, 5.41) is 7.23. The molecule has 10 rings (SSSR count). The average molecular weight is 687 g/mol. The van der Waals surface area contributed by atoms with Crippen LogP contribution < -0.4 is 9.80 Å². The first-order chi connectivity index (χ1) is 25.6. The number of hydrogen-bond donors (Lipinski definition) is 0. The van der Waals surface area contributed by atoms with E-state index in [0.717, 1.165) is 61.6 Å². The van der Waals surface area contributed by atoms with E-state index in [1.165, 1.54) is 36.5 Å². The van der Waals surface area contributed by atoms with Crippen LogP contribution in [0, 0.1) is 13.8 Å². The predicted molar refractivity (Wildman–Crippen MR) is 223 cm³/mol. The van der Waals surface area contributed by atoms with E-state index in [2.05, 4.69) is 194 Å². The number of hydrogen-bond acceptors (Lipinski definition) is 4. The molecule has 2 heterocycles. The van der Waals surface area contributed by atoms with Gasteiger partial charge in [0.05, 0.1) is 5.69 Å². The molecule has 10 aromatic rings. The molecule has 248 valence electrons. The predicted octanol–water partition coefficient (Wildman–Crippen LogP) is 14.7. The van der Waals surface area contributed by atoms with Crippen LogP contribution in [-0.2, 0) is 0 Å². The summed E-state index contributed by atoms with van der Waals surface area (Å²) in [5.41, 5.74) is 10.7. The number of benzene rings is 8. The van der Waals surface area contributed by atoms with Crippen LogP contribution in [0.1, 0.15) is 11.1 Å². The Morgan fingerprint density at radius 1 is 0.404 bits per heavy atom. The van der Waals surface area contributed by atoms with Crippen LogP contribution in [0.25, 0.3) is 52.9 Å². The molecule has 0 spiro atoms. The van der Waals surface area contributed by atoms with Crippen molar-refractivity contribution in [3.8, 4) is 0 Å². The van der Waals surface area contributed by atoms with Crippen LogP contribution in [0.15, 0.2) is 174 Å². The molecule has 4 heteroatoms. The highest BCUT2D eigenvalue weighted by Crippen LogP contribution is 2.45. The third kappa shape index (κ3) is 5.11. The Hall–Kier alpha value is -6.36. The molecule has 0 amide bonds. The summed E-state index contributed by atoms with van der Waals surface area (Å²) < 4.78 is 9.30. The van der Waals surface area contributed by atoms with Crippen molar-refractivity contribution >= 4 is 98.3 Å². The molecule has 0 fully saturated rings. The third-order valence-corrected chi connectivity index (χ3v) is 11.3. The van der Waals surface area contributed by atoms with Crippen molar-refractivity contribution in [1.29, 1.82) is 0 Å². The van der Waals surface area contributed by atoms with Gasteiger partial charge in [0, 0.05) is 65.4 Å². The molecule has 0 aliphatic heterocycles. The van der Waals surface area contributed by atoms with Crippen molar-refractivity contribution in [1.82, 2.24) is 0 Å². The second-order valence-corrected chi connectivity index (χ2v) is 14.7. The Morgan fingerprint density at radius 2 is 1.06 bits per heavy atom. The number of thiophene rings is 1. The Morgan fingerprint density at radius 3 is 1.92 bits per heavy atom. The zero-order valence-electron chi connectivity index (χ0n) is 28.9. The molecule has 0 saturated heterocycles. The molecule has 0 bridgehead atoms. The van der Waals surface area contributed by atoms with Crippen LogP contribution in [0.4, 0.5) is 34.1 Å². The molecule has 0 aliphatic rings. The Balaban J connectivity index is 1.16. The molecule has 0 radical (unpaired) electrons. The lowest BCUT2D eigenvalue weighted by Gasteiger charge is -2.26. The van der Waals surface area contributed by atoms with E-state index in [1.807, 2.05) is 11.3 Å². The maximum atomic E-state index is 6.70. The van der Waals surface area contributed by atoms with Crippen molar-refractivity contribution in [3.05, 3.63) is 181 Å². The van der Waals surface area contributed by atoms with Crippen molar-refractivity contribution in [2.24, 2.45) is 0 Å². The van der Waals surface area contributed by atoms with Gasteiger partial charge in [-0.2, -0.15) is 0 Å². The summed E-state index contributed by atoms with van der Waals surface area (Å²) >= 11 is 1.85. The van der Waals surface area contributed by atoms with Crippen molar-refractivity contribution in [3.63, 3.8) is 0 Å². The van der Waals surface area contributed by atoms with Gasteiger partial charge in [-0.25, -0.2) is 0 Å². The summed E-state index contributed by atoms with van der Waals surface area (Å²) in [4.78, 5) is 4.69. The van der Waals surface area contributed by atoms with Crippen molar-refractivity contribution < 1.29 is 4.42 Å². The standard InChI is InChI=1S/C48H34N2OS/c1-31-11-10-16-36(25-31)49(35-14-4-3-5-15-35)38-21-23-44-43(29-38)48-32(2)26-40(30-45(48)51-44)50(37-20-19-33-12-6-7-13-34(33)27-37)39-22-24-47-42(28-39)41-17-8-9-18-46(41)52-47/h3-30H,1-2H3. The molecule has 52 heavy (non-hydrogen) atoms. The Bertz CT molecular complexity index is 2960. The smallest absolute Gasteiger partial charge is 0.137 e. The van der Waals surface area contributed by atoms with Gasteiger partial charge in [0.15, 0.2) is 0 Å². The molecule has 3 nitrogen and oxygen atoms in total. The molecule has 2 aromatic heterocycles. The molecule has 0 aliphatic carbocycles. The monoisotopic (exact) mass is 686 g/mol. The highest BCUT2D eigenvalue weighted by Gasteiger charge is 2.21. The van der Waals surface area contributed by atoms with Crippen LogP contribution >= 0.6 is 11.3 Å². The van der Waals surface area contributed by atoms with Gasteiger partial charge < -0.3 is 14.2 Å². The first kappa shape index (κ1) is 30.5. The Labute approximate surface area is 306 Å². The minimum absolute atomic E-state index is 0.872. The van der Waals surface area contributed by atoms with Gasteiger partial charge in [-0.05, 0) is 121 Å². The SMILES string of the molecule is Cc1cccc(N(c2ccccc2)c2ccc3oc4cc(N(c5ccc6ccccc6c5)c5ccc6sc7ccccc7c6c5)cc(C)c4c3c2)c1. The number of furan rings is 1. The second kappa shape index (κ2) is 12.2. The number of fused-ring (bicyclic) bond motifs is 7. The molecule has 0 atom stereocenters. The van der Waals surface area contributed by atoms with Gasteiger partial charge in [0.2, 0.25) is 0 Å². The molecular formula is C48H34N2OS. The van der Waals surface area contributed by atoms with Gasteiger partial charge in [-0.1, -0.05) is 78.9 Å². The molecular weight excluding hydrogens is 653 g/mol. The first-order valence-corrected chi connectivity index (χ1v) is 18.5. The van der Waals surface area contributed by atoms with Crippen molar-refractivity contribution in [2.75, 3.05) is 9.80 Å². The lowest BCUT2D eigenvalue weighted by molar-refractivity contribution is 0.669. The Kier molecular flexibility index (Phi) is 7.12. The van der Waals surface area contributed by atoms with Gasteiger partial charge in [-0.15, -0.1) is 11.3 Å². The van der Waals surface area contributed by atoms with E-state index in [9.17, 15) is 0 Å². The second-order valence-electron chi connectivity index (χ2n) is 13.6. The maximum absolute atomic E-state index is 6.70. The largest absolute Gasteiger partial charge is 0.456 e. The highest BCUT2D eigenvalue weighted by atomic mass is 32.1. The number of rotatable bonds is 6. The van der Waals surface area contributed by atoms with Crippen LogP contribution in [0.3, 0.4) is 0 Å². The molecule has 0 unspecified atom stereocenters. The summed E-state index contributed by atoms with van der Waals surface area (Å²) in [6.07, 6.45) is 0. The molecule has 0 saturated carbocycles. The van der Waals surface area contributed by atoms with Crippen LogP contribution in [0.5, 0.6) is 0 Å². The fourth-order valence-electron chi connectivity index (χ4n) is 7.76. The van der Waals surface area contributed by atoms with Gasteiger partial charge in [0.1, 0.15) is 11.2 Å².